The first-order chi connectivity index (χ1) is 8.08. The van der Waals surface area contributed by atoms with E-state index in [0.29, 0.717) is 5.76 Å². The molecule has 0 atom stereocenters. The summed E-state index contributed by atoms with van der Waals surface area (Å²) in [5.74, 6) is -1.18. The number of carbonyl (C=O) groups is 1. The van der Waals surface area contributed by atoms with Crippen LogP contribution < -0.4 is 0 Å². The number of ketones is 1. The van der Waals surface area contributed by atoms with Crippen LogP contribution in [0.15, 0.2) is 34.7 Å². The summed E-state index contributed by atoms with van der Waals surface area (Å²) < 4.78 is 31.7. The highest BCUT2D eigenvalue weighted by Gasteiger charge is 2.16. The number of benzene rings is 1. The molecule has 4 heteroatoms. The van der Waals surface area contributed by atoms with Gasteiger partial charge in [-0.2, -0.15) is 0 Å². The first-order valence-electron chi connectivity index (χ1n) is 5.10. The van der Waals surface area contributed by atoms with Crippen LogP contribution in [0, 0.1) is 18.6 Å². The lowest BCUT2D eigenvalue weighted by molar-refractivity contribution is 0.0962. The molecule has 0 saturated heterocycles. The Morgan fingerprint density at radius 3 is 2.35 bits per heavy atom. The molecule has 0 amide bonds. The third-order valence-electron chi connectivity index (χ3n) is 2.41. The molecule has 88 valence electrons. The maximum absolute atomic E-state index is 13.3. The molecule has 0 bridgehead atoms. The predicted octanol–water partition coefficient (Wildman–Crippen LogP) is 3.29. The normalized spacial score (nSPS) is 10.5. The van der Waals surface area contributed by atoms with E-state index in [9.17, 15) is 13.6 Å². The van der Waals surface area contributed by atoms with E-state index >= 15 is 0 Å². The number of furan rings is 1. The van der Waals surface area contributed by atoms with E-state index < -0.39 is 17.4 Å². The van der Waals surface area contributed by atoms with Crippen molar-refractivity contribution in [2.75, 3.05) is 0 Å². The highest BCUT2D eigenvalue weighted by molar-refractivity contribution is 5.95. The van der Waals surface area contributed by atoms with Crippen LogP contribution in [0.25, 0.3) is 0 Å². The Kier molecular flexibility index (Phi) is 3.04. The Labute approximate surface area is 96.9 Å². The SMILES string of the molecule is Cc1ccc(C(=O)Cc2c(F)cccc2F)o1. The fourth-order valence-corrected chi connectivity index (χ4v) is 1.53. The van der Waals surface area contributed by atoms with Crippen LogP contribution >= 0.6 is 0 Å². The van der Waals surface area contributed by atoms with E-state index in [1.165, 1.54) is 12.1 Å². The van der Waals surface area contributed by atoms with Crippen molar-refractivity contribution in [1.29, 1.82) is 0 Å². The smallest absolute Gasteiger partial charge is 0.202 e. The van der Waals surface area contributed by atoms with Gasteiger partial charge in [0.15, 0.2) is 5.76 Å². The van der Waals surface area contributed by atoms with Crippen molar-refractivity contribution >= 4 is 5.78 Å². The Morgan fingerprint density at radius 1 is 1.18 bits per heavy atom. The van der Waals surface area contributed by atoms with E-state index in [4.69, 9.17) is 4.42 Å². The van der Waals surface area contributed by atoms with Crippen LogP contribution in [0.4, 0.5) is 8.78 Å². The van der Waals surface area contributed by atoms with E-state index in [-0.39, 0.29) is 17.7 Å². The second-order valence-corrected chi connectivity index (χ2v) is 3.71. The topological polar surface area (TPSA) is 30.2 Å². The number of carbonyl (C=O) groups excluding carboxylic acids is 1. The van der Waals surface area contributed by atoms with E-state index in [2.05, 4.69) is 0 Å². The Hall–Kier alpha value is -1.97. The van der Waals surface area contributed by atoms with E-state index in [1.54, 1.807) is 13.0 Å². The minimum atomic E-state index is -0.721. The van der Waals surface area contributed by atoms with Crippen LogP contribution in [0.5, 0.6) is 0 Å². The van der Waals surface area contributed by atoms with Crippen molar-refractivity contribution in [3.63, 3.8) is 0 Å². The molecule has 1 aromatic carbocycles. The van der Waals surface area contributed by atoms with Gasteiger partial charge in [0.25, 0.3) is 0 Å². The molecule has 2 nitrogen and oxygen atoms in total. The third kappa shape index (κ3) is 2.41. The summed E-state index contributed by atoms with van der Waals surface area (Å²) in [6, 6.07) is 6.63. The number of hydrogen-bond donors (Lipinski definition) is 0. The molecule has 1 heterocycles. The van der Waals surface area contributed by atoms with Gasteiger partial charge in [-0.1, -0.05) is 6.07 Å². The fourth-order valence-electron chi connectivity index (χ4n) is 1.53. The lowest BCUT2D eigenvalue weighted by Crippen LogP contribution is -2.06. The van der Waals surface area contributed by atoms with Gasteiger partial charge in [-0.3, -0.25) is 4.79 Å². The van der Waals surface area contributed by atoms with Gasteiger partial charge in [-0.25, -0.2) is 8.78 Å². The maximum atomic E-state index is 13.3. The minimum absolute atomic E-state index is 0.116. The van der Waals surface area contributed by atoms with Crippen molar-refractivity contribution in [3.8, 4) is 0 Å². The molecule has 0 aliphatic heterocycles. The van der Waals surface area contributed by atoms with Gasteiger partial charge in [0.1, 0.15) is 17.4 Å². The van der Waals surface area contributed by atoms with Gasteiger partial charge in [0.2, 0.25) is 5.78 Å². The molecule has 0 unspecified atom stereocenters. The quantitative estimate of drug-likeness (QED) is 0.765. The summed E-state index contributed by atoms with van der Waals surface area (Å²) in [5.41, 5.74) is -0.230. The van der Waals surface area contributed by atoms with Crippen molar-refractivity contribution in [2.45, 2.75) is 13.3 Å². The first kappa shape index (κ1) is 11.5. The van der Waals surface area contributed by atoms with Crippen molar-refractivity contribution in [1.82, 2.24) is 0 Å². The third-order valence-corrected chi connectivity index (χ3v) is 2.41. The number of rotatable bonds is 3. The van der Waals surface area contributed by atoms with E-state index in [1.807, 2.05) is 0 Å². The fraction of sp³-hybridized carbons (Fsp3) is 0.154. The number of hydrogen-bond acceptors (Lipinski definition) is 2. The molecular formula is C13H10F2O2. The Bertz CT molecular complexity index is 538. The van der Waals surface area contributed by atoms with Crippen LogP contribution in [0.1, 0.15) is 21.9 Å². The highest BCUT2D eigenvalue weighted by Crippen LogP contribution is 2.16. The summed E-state index contributed by atoms with van der Waals surface area (Å²) >= 11 is 0. The van der Waals surface area contributed by atoms with Gasteiger partial charge < -0.3 is 4.42 Å². The largest absolute Gasteiger partial charge is 0.458 e. The molecule has 0 aliphatic rings. The molecular weight excluding hydrogens is 226 g/mol. The van der Waals surface area contributed by atoms with Crippen LogP contribution in [0.3, 0.4) is 0 Å². The van der Waals surface area contributed by atoms with Gasteiger partial charge >= 0.3 is 0 Å². The van der Waals surface area contributed by atoms with Crippen LogP contribution in [-0.2, 0) is 6.42 Å². The Balaban J connectivity index is 2.24. The monoisotopic (exact) mass is 236 g/mol. The average molecular weight is 236 g/mol. The number of Topliss-reactive ketones (excluding diaryl/α,β-unsaturated/α-hetero) is 1. The standard InChI is InChI=1S/C13H10F2O2/c1-8-5-6-13(17-8)12(16)7-9-10(14)3-2-4-11(9)15/h2-6H,7H2,1H3. The highest BCUT2D eigenvalue weighted by atomic mass is 19.1. The molecule has 1 aromatic heterocycles. The summed E-state index contributed by atoms with van der Waals surface area (Å²) in [5, 5.41) is 0. The molecule has 0 saturated carbocycles. The molecule has 2 rings (SSSR count). The van der Waals surface area contributed by atoms with Crippen LogP contribution in [-0.4, -0.2) is 5.78 Å². The minimum Gasteiger partial charge on any atom is -0.458 e. The Morgan fingerprint density at radius 2 is 1.82 bits per heavy atom. The second kappa shape index (κ2) is 4.49. The van der Waals surface area contributed by atoms with Crippen molar-refractivity contribution < 1.29 is 18.0 Å². The van der Waals surface area contributed by atoms with Crippen molar-refractivity contribution in [2.24, 2.45) is 0 Å². The summed E-state index contributed by atoms with van der Waals surface area (Å²) in [7, 11) is 0. The lowest BCUT2D eigenvalue weighted by Gasteiger charge is -2.02. The average Bonchev–Trinajstić information content (AvgIpc) is 2.70. The van der Waals surface area contributed by atoms with E-state index in [0.717, 1.165) is 12.1 Å². The molecule has 17 heavy (non-hydrogen) atoms. The van der Waals surface area contributed by atoms with Gasteiger partial charge in [0.05, 0.1) is 0 Å². The summed E-state index contributed by atoms with van der Waals surface area (Å²) in [4.78, 5) is 11.7. The lowest BCUT2D eigenvalue weighted by atomic mass is 10.1. The zero-order valence-electron chi connectivity index (χ0n) is 9.17. The zero-order valence-corrected chi connectivity index (χ0v) is 9.17. The van der Waals surface area contributed by atoms with Gasteiger partial charge in [0, 0.05) is 12.0 Å². The second-order valence-electron chi connectivity index (χ2n) is 3.71. The maximum Gasteiger partial charge on any atom is 0.202 e. The first-order valence-corrected chi connectivity index (χ1v) is 5.10. The molecule has 2 aromatic rings. The molecule has 0 spiro atoms. The molecule has 0 aliphatic carbocycles. The van der Waals surface area contributed by atoms with Gasteiger partial charge in [-0.05, 0) is 31.2 Å². The predicted molar refractivity (Wildman–Crippen MR) is 57.8 cm³/mol. The zero-order chi connectivity index (χ0) is 12.4. The van der Waals surface area contributed by atoms with Crippen LogP contribution in [0.2, 0.25) is 0 Å². The molecule has 0 fully saturated rings. The van der Waals surface area contributed by atoms with Gasteiger partial charge in [-0.15, -0.1) is 0 Å². The molecule has 0 N–H and O–H groups in total. The van der Waals surface area contributed by atoms with Crippen molar-refractivity contribution in [3.05, 3.63) is 59.1 Å². The summed E-state index contributed by atoms with van der Waals surface area (Å²) in [6.07, 6.45) is -0.342. The number of halogens is 2. The summed E-state index contributed by atoms with van der Waals surface area (Å²) in [6.45, 7) is 1.69. The number of aryl methyl sites for hydroxylation is 1. The molecule has 0 radical (unpaired) electrons.